The van der Waals surface area contributed by atoms with Crippen molar-refractivity contribution in [3.63, 3.8) is 0 Å². The molecule has 1 aliphatic carbocycles. The van der Waals surface area contributed by atoms with E-state index in [1.165, 1.54) is 6.20 Å². The molecule has 5 heteroatoms. The van der Waals surface area contributed by atoms with Gasteiger partial charge in [-0.05, 0) is 43.9 Å². The van der Waals surface area contributed by atoms with Gasteiger partial charge in [0, 0.05) is 5.56 Å². The Morgan fingerprint density at radius 3 is 2.79 bits per heavy atom. The predicted octanol–water partition coefficient (Wildman–Crippen LogP) is 2.94. The highest BCUT2D eigenvalue weighted by molar-refractivity contribution is 5.59. The first-order chi connectivity index (χ1) is 8.98. The number of hydrogen-bond donors (Lipinski definition) is 2. The Kier molecular flexibility index (Phi) is 2.67. The van der Waals surface area contributed by atoms with E-state index in [0.29, 0.717) is 17.4 Å². The molecule has 1 fully saturated rings. The van der Waals surface area contributed by atoms with Crippen molar-refractivity contribution in [3.05, 3.63) is 41.9 Å². The van der Waals surface area contributed by atoms with Gasteiger partial charge in [-0.15, -0.1) is 0 Å². The third-order valence-corrected chi connectivity index (χ3v) is 3.73. The van der Waals surface area contributed by atoms with Crippen molar-refractivity contribution < 1.29 is 8.78 Å². The lowest BCUT2D eigenvalue weighted by Crippen LogP contribution is -2.36. The molecular weight excluding hydrogens is 248 g/mol. The van der Waals surface area contributed by atoms with Crippen LogP contribution in [0.5, 0.6) is 0 Å². The first-order valence-electron chi connectivity index (χ1n) is 6.28. The lowest BCUT2D eigenvalue weighted by molar-refractivity contribution is 0.404. The molecule has 0 amide bonds. The summed E-state index contributed by atoms with van der Waals surface area (Å²) in [6, 6.07) is 3.35. The van der Waals surface area contributed by atoms with Crippen LogP contribution >= 0.6 is 0 Å². The van der Waals surface area contributed by atoms with Crippen molar-refractivity contribution in [2.45, 2.75) is 25.3 Å². The molecule has 0 aliphatic heterocycles. The number of nitrogens with one attached hydrogen (secondary N) is 1. The topological polar surface area (TPSA) is 54.7 Å². The molecule has 0 bridgehead atoms. The minimum atomic E-state index is -0.540. The number of aromatic nitrogens is 2. The standard InChI is InChI=1S/C14H15F2N3/c1-14(17,8-2-3-8)13-18-7-12(19-13)10-6-9(15)4-5-11(10)16/h4-8H,2-3,17H2,1H3,(H,18,19). The Morgan fingerprint density at radius 1 is 1.37 bits per heavy atom. The van der Waals surface area contributed by atoms with E-state index in [2.05, 4.69) is 9.97 Å². The van der Waals surface area contributed by atoms with Gasteiger partial charge in [0.05, 0.1) is 17.4 Å². The van der Waals surface area contributed by atoms with E-state index in [0.717, 1.165) is 31.0 Å². The maximum Gasteiger partial charge on any atom is 0.132 e. The van der Waals surface area contributed by atoms with Gasteiger partial charge in [-0.2, -0.15) is 0 Å². The van der Waals surface area contributed by atoms with Gasteiger partial charge in [0.15, 0.2) is 0 Å². The number of hydrogen-bond acceptors (Lipinski definition) is 2. The van der Waals surface area contributed by atoms with Gasteiger partial charge < -0.3 is 10.7 Å². The van der Waals surface area contributed by atoms with Crippen molar-refractivity contribution in [2.75, 3.05) is 0 Å². The average molecular weight is 263 g/mol. The minimum absolute atomic E-state index is 0.172. The van der Waals surface area contributed by atoms with Gasteiger partial charge in [0.25, 0.3) is 0 Å². The van der Waals surface area contributed by atoms with Crippen molar-refractivity contribution in [1.82, 2.24) is 9.97 Å². The second-order valence-electron chi connectivity index (χ2n) is 5.33. The maximum atomic E-state index is 13.7. The molecule has 1 atom stereocenters. The molecule has 3 N–H and O–H groups in total. The Hall–Kier alpha value is -1.75. The first-order valence-corrected chi connectivity index (χ1v) is 6.28. The number of rotatable bonds is 3. The molecule has 100 valence electrons. The van der Waals surface area contributed by atoms with Crippen LogP contribution in [0.15, 0.2) is 24.4 Å². The fraction of sp³-hybridized carbons (Fsp3) is 0.357. The highest BCUT2D eigenvalue weighted by atomic mass is 19.1. The summed E-state index contributed by atoms with van der Waals surface area (Å²) in [6.07, 6.45) is 3.66. The molecule has 1 saturated carbocycles. The smallest absolute Gasteiger partial charge is 0.132 e. The summed E-state index contributed by atoms with van der Waals surface area (Å²) >= 11 is 0. The second kappa shape index (κ2) is 4.13. The van der Waals surface area contributed by atoms with Crippen molar-refractivity contribution in [2.24, 2.45) is 11.7 Å². The summed E-state index contributed by atoms with van der Waals surface area (Å²) in [5.41, 5.74) is 6.32. The number of aromatic amines is 1. The lowest BCUT2D eigenvalue weighted by atomic mass is 9.97. The normalized spacial score (nSPS) is 18.3. The predicted molar refractivity (Wildman–Crippen MR) is 68.2 cm³/mol. The van der Waals surface area contributed by atoms with Gasteiger partial charge in [-0.1, -0.05) is 0 Å². The number of nitrogens with zero attached hydrogens (tertiary/aromatic N) is 1. The Balaban J connectivity index is 1.99. The van der Waals surface area contributed by atoms with Crippen LogP contribution in [0.2, 0.25) is 0 Å². The summed E-state index contributed by atoms with van der Waals surface area (Å²) in [5, 5.41) is 0. The minimum Gasteiger partial charge on any atom is -0.340 e. The van der Waals surface area contributed by atoms with E-state index in [4.69, 9.17) is 5.73 Å². The third kappa shape index (κ3) is 2.14. The summed E-state index contributed by atoms with van der Waals surface area (Å²) in [6.45, 7) is 1.91. The van der Waals surface area contributed by atoms with Crippen LogP contribution in [0.1, 0.15) is 25.6 Å². The van der Waals surface area contributed by atoms with E-state index in [1.807, 2.05) is 6.92 Å². The molecule has 1 unspecified atom stereocenters. The van der Waals surface area contributed by atoms with Crippen molar-refractivity contribution in [3.8, 4) is 11.3 Å². The zero-order valence-corrected chi connectivity index (χ0v) is 10.6. The monoisotopic (exact) mass is 263 g/mol. The molecular formula is C14H15F2N3. The zero-order chi connectivity index (χ0) is 13.6. The quantitative estimate of drug-likeness (QED) is 0.894. The number of benzene rings is 1. The summed E-state index contributed by atoms with van der Waals surface area (Å²) in [4.78, 5) is 7.24. The number of imidazole rings is 1. The Morgan fingerprint density at radius 2 is 2.11 bits per heavy atom. The molecule has 0 saturated heterocycles. The zero-order valence-electron chi connectivity index (χ0n) is 10.6. The van der Waals surface area contributed by atoms with Crippen molar-refractivity contribution >= 4 is 0 Å². The fourth-order valence-corrected chi connectivity index (χ4v) is 2.31. The molecule has 3 nitrogen and oxygen atoms in total. The van der Waals surface area contributed by atoms with Gasteiger partial charge in [0.2, 0.25) is 0 Å². The maximum absolute atomic E-state index is 13.7. The van der Waals surface area contributed by atoms with Crippen LogP contribution in [-0.4, -0.2) is 9.97 Å². The molecule has 3 rings (SSSR count). The Bertz CT molecular complexity index is 615. The van der Waals surface area contributed by atoms with Crippen molar-refractivity contribution in [1.29, 1.82) is 0 Å². The van der Waals surface area contributed by atoms with Crippen LogP contribution in [0.25, 0.3) is 11.3 Å². The molecule has 0 spiro atoms. The summed E-state index contributed by atoms with van der Waals surface area (Å²) in [5.74, 6) is 0.0597. The number of halogens is 2. The molecule has 2 aromatic rings. The van der Waals surface area contributed by atoms with E-state index < -0.39 is 17.2 Å². The van der Waals surface area contributed by atoms with Crippen LogP contribution in [0.4, 0.5) is 8.78 Å². The highest BCUT2D eigenvalue weighted by Crippen LogP contribution is 2.43. The van der Waals surface area contributed by atoms with Gasteiger partial charge >= 0.3 is 0 Å². The second-order valence-corrected chi connectivity index (χ2v) is 5.33. The number of H-pyrrole nitrogens is 1. The largest absolute Gasteiger partial charge is 0.340 e. The summed E-state index contributed by atoms with van der Waals surface area (Å²) < 4.78 is 26.9. The van der Waals surface area contributed by atoms with E-state index in [1.54, 1.807) is 0 Å². The highest BCUT2D eigenvalue weighted by Gasteiger charge is 2.41. The summed E-state index contributed by atoms with van der Waals surface area (Å²) in [7, 11) is 0. The molecule has 1 heterocycles. The molecule has 1 aromatic heterocycles. The van der Waals surface area contributed by atoms with Crippen LogP contribution in [-0.2, 0) is 5.54 Å². The van der Waals surface area contributed by atoms with Gasteiger partial charge in [0.1, 0.15) is 17.5 Å². The van der Waals surface area contributed by atoms with E-state index >= 15 is 0 Å². The third-order valence-electron chi connectivity index (χ3n) is 3.73. The van der Waals surface area contributed by atoms with Gasteiger partial charge in [-0.25, -0.2) is 13.8 Å². The van der Waals surface area contributed by atoms with E-state index in [-0.39, 0.29) is 5.56 Å². The van der Waals surface area contributed by atoms with Crippen LogP contribution < -0.4 is 5.73 Å². The number of nitrogens with two attached hydrogens (primary N) is 1. The Labute approximate surface area is 109 Å². The lowest BCUT2D eigenvalue weighted by Gasteiger charge is -2.21. The van der Waals surface area contributed by atoms with Crippen LogP contribution in [0.3, 0.4) is 0 Å². The fourth-order valence-electron chi connectivity index (χ4n) is 2.31. The van der Waals surface area contributed by atoms with E-state index in [9.17, 15) is 8.78 Å². The molecule has 1 aromatic carbocycles. The molecule has 1 aliphatic rings. The average Bonchev–Trinajstić information content (AvgIpc) is 3.11. The molecule has 19 heavy (non-hydrogen) atoms. The SMILES string of the molecule is CC(N)(c1ncc(-c2cc(F)ccc2F)[nH]1)C1CC1. The van der Waals surface area contributed by atoms with Crippen LogP contribution in [0, 0.1) is 17.6 Å². The first kappa shape index (κ1) is 12.3. The van der Waals surface area contributed by atoms with Gasteiger partial charge in [-0.3, -0.25) is 0 Å². The molecule has 0 radical (unpaired) electrons.